The van der Waals surface area contributed by atoms with Gasteiger partial charge in [0.05, 0.1) is 6.54 Å². The van der Waals surface area contributed by atoms with E-state index in [1.807, 2.05) is 29.2 Å². The minimum absolute atomic E-state index is 0.253. The lowest BCUT2D eigenvalue weighted by Crippen LogP contribution is -2.50. The Kier molecular flexibility index (Phi) is 5.74. The van der Waals surface area contributed by atoms with Gasteiger partial charge in [-0.15, -0.1) is 0 Å². The highest BCUT2D eigenvalue weighted by atomic mass is 35.5. The number of carbonyl (C=O) groups excluding carboxylic acids is 1. The van der Waals surface area contributed by atoms with Gasteiger partial charge >= 0.3 is 0 Å². The molecule has 7 heteroatoms. The SMILES string of the molecule is O=C(C1CCCCC1)N1CCN(Cc2nc(-c3ccc(Cl)cc3)no2)CC1. The number of halogens is 1. The highest BCUT2D eigenvalue weighted by molar-refractivity contribution is 6.30. The molecule has 2 heterocycles. The molecule has 0 N–H and O–H groups in total. The van der Waals surface area contributed by atoms with Crippen LogP contribution in [-0.2, 0) is 11.3 Å². The zero-order valence-electron chi connectivity index (χ0n) is 15.4. The van der Waals surface area contributed by atoms with E-state index in [2.05, 4.69) is 15.0 Å². The molecule has 144 valence electrons. The standard InChI is InChI=1S/C20H25ClN4O2/c21-17-8-6-15(7-9-17)19-22-18(27-23-19)14-24-10-12-25(13-11-24)20(26)16-4-2-1-3-5-16/h6-9,16H,1-5,10-14H2. The van der Waals surface area contributed by atoms with Crippen molar-refractivity contribution in [3.8, 4) is 11.4 Å². The van der Waals surface area contributed by atoms with Gasteiger partial charge in [0, 0.05) is 42.7 Å². The summed E-state index contributed by atoms with van der Waals surface area (Å²) < 4.78 is 5.41. The molecule has 1 aliphatic heterocycles. The average Bonchev–Trinajstić information content (AvgIpc) is 3.18. The van der Waals surface area contributed by atoms with Crippen LogP contribution < -0.4 is 0 Å². The van der Waals surface area contributed by atoms with Gasteiger partial charge in [0.15, 0.2) is 0 Å². The molecule has 27 heavy (non-hydrogen) atoms. The van der Waals surface area contributed by atoms with Gasteiger partial charge in [0.1, 0.15) is 0 Å². The second kappa shape index (κ2) is 8.40. The summed E-state index contributed by atoms with van der Waals surface area (Å²) in [7, 11) is 0. The zero-order chi connectivity index (χ0) is 18.6. The maximum Gasteiger partial charge on any atom is 0.241 e. The number of benzene rings is 1. The molecule has 2 aliphatic rings. The van der Waals surface area contributed by atoms with Crippen LogP contribution in [0.25, 0.3) is 11.4 Å². The highest BCUT2D eigenvalue weighted by Crippen LogP contribution is 2.26. The Morgan fingerprint density at radius 1 is 1.07 bits per heavy atom. The molecule has 1 aromatic heterocycles. The Morgan fingerprint density at radius 2 is 1.78 bits per heavy atom. The molecule has 2 aromatic rings. The summed E-state index contributed by atoms with van der Waals surface area (Å²) in [6.07, 6.45) is 5.80. The van der Waals surface area contributed by atoms with Crippen LogP contribution in [0.15, 0.2) is 28.8 Å². The molecule has 0 atom stereocenters. The first-order chi connectivity index (χ1) is 13.2. The Balaban J connectivity index is 1.29. The monoisotopic (exact) mass is 388 g/mol. The van der Waals surface area contributed by atoms with Crippen molar-refractivity contribution in [2.45, 2.75) is 38.6 Å². The molecule has 0 spiro atoms. The smallest absolute Gasteiger partial charge is 0.241 e. The largest absolute Gasteiger partial charge is 0.340 e. The van der Waals surface area contributed by atoms with Crippen molar-refractivity contribution in [1.82, 2.24) is 19.9 Å². The fourth-order valence-electron chi connectivity index (χ4n) is 3.96. The molecule has 1 saturated carbocycles. The number of nitrogens with zero attached hydrogens (tertiary/aromatic N) is 4. The number of piperazine rings is 1. The summed E-state index contributed by atoms with van der Waals surface area (Å²) in [6, 6.07) is 7.39. The number of rotatable bonds is 4. The summed E-state index contributed by atoms with van der Waals surface area (Å²) >= 11 is 5.92. The topological polar surface area (TPSA) is 62.5 Å². The van der Waals surface area contributed by atoms with Crippen molar-refractivity contribution >= 4 is 17.5 Å². The average molecular weight is 389 g/mol. The molecule has 1 saturated heterocycles. The van der Waals surface area contributed by atoms with Gasteiger partial charge in [0.25, 0.3) is 0 Å². The number of hydrogen-bond donors (Lipinski definition) is 0. The van der Waals surface area contributed by atoms with Crippen LogP contribution in [0.4, 0.5) is 0 Å². The molecule has 0 bridgehead atoms. The Hall–Kier alpha value is -1.92. The van der Waals surface area contributed by atoms with Gasteiger partial charge in [-0.1, -0.05) is 36.0 Å². The number of carbonyl (C=O) groups is 1. The third-order valence-corrected chi connectivity index (χ3v) is 5.82. The van der Waals surface area contributed by atoms with Crippen LogP contribution in [0.5, 0.6) is 0 Å². The van der Waals surface area contributed by atoms with Gasteiger partial charge < -0.3 is 9.42 Å². The quantitative estimate of drug-likeness (QED) is 0.800. The van der Waals surface area contributed by atoms with E-state index in [1.165, 1.54) is 19.3 Å². The molecule has 1 aromatic carbocycles. The lowest BCUT2D eigenvalue weighted by Gasteiger charge is -2.36. The first-order valence-electron chi connectivity index (χ1n) is 9.79. The summed E-state index contributed by atoms with van der Waals surface area (Å²) in [6.45, 7) is 3.88. The fraction of sp³-hybridized carbons (Fsp3) is 0.550. The van der Waals surface area contributed by atoms with Crippen LogP contribution in [0.2, 0.25) is 5.02 Å². The maximum absolute atomic E-state index is 12.7. The van der Waals surface area contributed by atoms with Crippen LogP contribution in [0.3, 0.4) is 0 Å². The Morgan fingerprint density at radius 3 is 2.48 bits per heavy atom. The zero-order valence-corrected chi connectivity index (χ0v) is 16.2. The molecule has 4 rings (SSSR count). The van der Waals surface area contributed by atoms with Crippen molar-refractivity contribution in [3.63, 3.8) is 0 Å². The summed E-state index contributed by atoms with van der Waals surface area (Å²) in [4.78, 5) is 21.5. The van der Waals surface area contributed by atoms with Gasteiger partial charge in [0.2, 0.25) is 17.6 Å². The molecule has 6 nitrogen and oxygen atoms in total. The predicted molar refractivity (Wildman–Crippen MR) is 103 cm³/mol. The predicted octanol–water partition coefficient (Wildman–Crippen LogP) is 3.61. The third-order valence-electron chi connectivity index (χ3n) is 5.57. The van der Waals surface area contributed by atoms with E-state index in [0.29, 0.717) is 29.2 Å². The normalized spacial score (nSPS) is 19.4. The first kappa shape index (κ1) is 18.4. The fourth-order valence-corrected chi connectivity index (χ4v) is 4.09. The van der Waals surface area contributed by atoms with E-state index in [0.717, 1.165) is 44.6 Å². The lowest BCUT2D eigenvalue weighted by molar-refractivity contribution is -0.138. The molecule has 1 aliphatic carbocycles. The summed E-state index contributed by atoms with van der Waals surface area (Å²) in [5, 5.41) is 4.75. The van der Waals surface area contributed by atoms with Gasteiger partial charge in [-0.2, -0.15) is 4.98 Å². The maximum atomic E-state index is 12.7. The number of aromatic nitrogens is 2. The van der Waals surface area contributed by atoms with Crippen molar-refractivity contribution in [2.24, 2.45) is 5.92 Å². The Labute approximate surface area is 164 Å². The summed E-state index contributed by atoms with van der Waals surface area (Å²) in [5.74, 6) is 1.79. The van der Waals surface area contributed by atoms with Crippen molar-refractivity contribution in [3.05, 3.63) is 35.2 Å². The first-order valence-corrected chi connectivity index (χ1v) is 10.2. The van der Waals surface area contributed by atoms with Crippen molar-refractivity contribution in [1.29, 1.82) is 0 Å². The van der Waals surface area contributed by atoms with Gasteiger partial charge in [-0.25, -0.2) is 0 Å². The molecular formula is C20H25ClN4O2. The number of amides is 1. The van der Waals surface area contributed by atoms with Crippen LogP contribution >= 0.6 is 11.6 Å². The lowest BCUT2D eigenvalue weighted by atomic mass is 9.88. The molecule has 0 unspecified atom stereocenters. The number of hydrogen-bond acceptors (Lipinski definition) is 5. The molecule has 1 amide bonds. The van der Waals surface area contributed by atoms with E-state index in [-0.39, 0.29) is 5.92 Å². The van der Waals surface area contributed by atoms with Crippen LogP contribution in [0.1, 0.15) is 38.0 Å². The van der Waals surface area contributed by atoms with Gasteiger partial charge in [-0.3, -0.25) is 9.69 Å². The highest BCUT2D eigenvalue weighted by Gasteiger charge is 2.28. The van der Waals surface area contributed by atoms with E-state index in [1.54, 1.807) is 0 Å². The third kappa shape index (κ3) is 4.50. The molecular weight excluding hydrogens is 364 g/mol. The van der Waals surface area contributed by atoms with E-state index in [9.17, 15) is 4.79 Å². The Bertz CT molecular complexity index is 763. The van der Waals surface area contributed by atoms with E-state index < -0.39 is 0 Å². The minimum Gasteiger partial charge on any atom is -0.340 e. The molecule has 2 fully saturated rings. The molecule has 0 radical (unpaired) electrons. The van der Waals surface area contributed by atoms with Crippen LogP contribution in [0, 0.1) is 5.92 Å². The van der Waals surface area contributed by atoms with E-state index in [4.69, 9.17) is 16.1 Å². The van der Waals surface area contributed by atoms with Crippen molar-refractivity contribution in [2.75, 3.05) is 26.2 Å². The summed E-state index contributed by atoms with van der Waals surface area (Å²) in [5.41, 5.74) is 0.886. The van der Waals surface area contributed by atoms with Gasteiger partial charge in [-0.05, 0) is 37.1 Å². The second-order valence-corrected chi connectivity index (χ2v) is 7.89. The van der Waals surface area contributed by atoms with Crippen molar-refractivity contribution < 1.29 is 9.32 Å². The van der Waals surface area contributed by atoms with Crippen LogP contribution in [-0.4, -0.2) is 52.0 Å². The minimum atomic E-state index is 0.253. The van der Waals surface area contributed by atoms with E-state index >= 15 is 0 Å². The second-order valence-electron chi connectivity index (χ2n) is 7.45.